The summed E-state index contributed by atoms with van der Waals surface area (Å²) < 4.78 is 25.4. The zero-order chi connectivity index (χ0) is 21.9. The topological polar surface area (TPSA) is 86.8 Å². The van der Waals surface area contributed by atoms with Crippen molar-refractivity contribution in [2.45, 2.75) is 32.4 Å². The summed E-state index contributed by atoms with van der Waals surface area (Å²) in [5, 5.41) is 2.87. The smallest absolute Gasteiger partial charge is 0.247 e. The van der Waals surface area contributed by atoms with Crippen molar-refractivity contribution in [2.24, 2.45) is 0 Å². The van der Waals surface area contributed by atoms with E-state index in [1.807, 2.05) is 49.4 Å². The summed E-state index contributed by atoms with van der Waals surface area (Å²) in [6, 6.07) is 16.8. The number of benzene rings is 2. The van der Waals surface area contributed by atoms with Gasteiger partial charge in [0.15, 0.2) is 0 Å². The number of carbonyl (C=O) groups is 2. The highest BCUT2D eigenvalue weighted by Crippen LogP contribution is 2.31. The van der Waals surface area contributed by atoms with E-state index < -0.39 is 27.4 Å². The second-order valence-corrected chi connectivity index (χ2v) is 9.70. The quantitative estimate of drug-likeness (QED) is 0.760. The van der Waals surface area contributed by atoms with E-state index >= 15 is 0 Å². The van der Waals surface area contributed by atoms with E-state index in [0.29, 0.717) is 5.69 Å². The fourth-order valence-corrected chi connectivity index (χ4v) is 4.48. The standard InChI is InChI=1S/C22H27N3O4S/c1-4-17-10-12-19(13-11-17)25-20(26)15-24(30(3,28)29)16-22(25,2)21(27)23-14-18-8-6-5-7-9-18/h5-13H,4,14-16H2,1-3H3,(H,23,27)/t22-/m0/s1. The van der Waals surface area contributed by atoms with Gasteiger partial charge in [0, 0.05) is 18.8 Å². The number of hydrogen-bond acceptors (Lipinski definition) is 4. The van der Waals surface area contributed by atoms with E-state index in [9.17, 15) is 18.0 Å². The summed E-state index contributed by atoms with van der Waals surface area (Å²) in [6.07, 6.45) is 1.90. The summed E-state index contributed by atoms with van der Waals surface area (Å²) in [5.74, 6) is -0.846. The summed E-state index contributed by atoms with van der Waals surface area (Å²) >= 11 is 0. The van der Waals surface area contributed by atoms with Gasteiger partial charge in [-0.15, -0.1) is 0 Å². The van der Waals surface area contributed by atoms with Crippen LogP contribution in [0.2, 0.25) is 0 Å². The molecule has 2 aromatic rings. The second kappa shape index (κ2) is 8.57. The zero-order valence-corrected chi connectivity index (χ0v) is 18.3. The van der Waals surface area contributed by atoms with Crippen molar-refractivity contribution in [3.05, 3.63) is 65.7 Å². The third-order valence-electron chi connectivity index (χ3n) is 5.40. The molecule has 0 unspecified atom stereocenters. The Labute approximate surface area is 177 Å². The van der Waals surface area contributed by atoms with Crippen LogP contribution in [0.4, 0.5) is 5.69 Å². The third-order valence-corrected chi connectivity index (χ3v) is 6.59. The number of rotatable bonds is 6. The molecule has 8 heteroatoms. The Kier molecular flexibility index (Phi) is 6.28. The van der Waals surface area contributed by atoms with Crippen LogP contribution in [-0.2, 0) is 32.6 Å². The van der Waals surface area contributed by atoms with Crippen LogP contribution in [0.15, 0.2) is 54.6 Å². The average molecular weight is 430 g/mol. The molecule has 1 fully saturated rings. The molecule has 2 aromatic carbocycles. The molecule has 0 aromatic heterocycles. The van der Waals surface area contributed by atoms with Gasteiger partial charge in [0.1, 0.15) is 5.54 Å². The highest BCUT2D eigenvalue weighted by atomic mass is 32.2. The molecule has 1 aliphatic heterocycles. The van der Waals surface area contributed by atoms with Crippen LogP contribution < -0.4 is 10.2 Å². The van der Waals surface area contributed by atoms with Crippen molar-refractivity contribution in [3.8, 4) is 0 Å². The van der Waals surface area contributed by atoms with Gasteiger partial charge in [-0.3, -0.25) is 14.5 Å². The number of amides is 2. The Bertz CT molecular complexity index is 1020. The average Bonchev–Trinajstić information content (AvgIpc) is 2.72. The molecular weight excluding hydrogens is 402 g/mol. The number of anilines is 1. The maximum atomic E-state index is 13.3. The number of carbonyl (C=O) groups excluding carboxylic acids is 2. The molecule has 7 nitrogen and oxygen atoms in total. The van der Waals surface area contributed by atoms with Crippen LogP contribution in [0, 0.1) is 0 Å². The first kappa shape index (κ1) is 22.0. The maximum absolute atomic E-state index is 13.3. The Balaban J connectivity index is 1.95. The number of nitrogens with zero attached hydrogens (tertiary/aromatic N) is 2. The largest absolute Gasteiger partial charge is 0.350 e. The van der Waals surface area contributed by atoms with Crippen LogP contribution in [0.3, 0.4) is 0 Å². The Morgan fingerprint density at radius 1 is 1.07 bits per heavy atom. The summed E-state index contributed by atoms with van der Waals surface area (Å²) in [6.45, 7) is 3.51. The summed E-state index contributed by atoms with van der Waals surface area (Å²) in [7, 11) is -3.64. The second-order valence-electron chi connectivity index (χ2n) is 7.72. The molecule has 0 aliphatic carbocycles. The first-order chi connectivity index (χ1) is 14.1. The van der Waals surface area contributed by atoms with Crippen LogP contribution >= 0.6 is 0 Å². The lowest BCUT2D eigenvalue weighted by Gasteiger charge is -2.46. The number of aryl methyl sites for hydroxylation is 1. The van der Waals surface area contributed by atoms with Gasteiger partial charge in [0.2, 0.25) is 21.8 Å². The van der Waals surface area contributed by atoms with Gasteiger partial charge in [0.05, 0.1) is 12.8 Å². The van der Waals surface area contributed by atoms with E-state index in [1.54, 1.807) is 19.1 Å². The number of nitrogens with one attached hydrogen (secondary N) is 1. The lowest BCUT2D eigenvalue weighted by atomic mass is 9.94. The third kappa shape index (κ3) is 4.55. The summed E-state index contributed by atoms with van der Waals surface area (Å²) in [5.41, 5.74) is 1.20. The van der Waals surface area contributed by atoms with Gasteiger partial charge in [-0.1, -0.05) is 49.4 Å². The fourth-order valence-electron chi connectivity index (χ4n) is 3.65. The minimum absolute atomic E-state index is 0.117. The van der Waals surface area contributed by atoms with Crippen molar-refractivity contribution >= 4 is 27.5 Å². The summed E-state index contributed by atoms with van der Waals surface area (Å²) in [4.78, 5) is 27.8. The van der Waals surface area contributed by atoms with E-state index in [-0.39, 0.29) is 19.6 Å². The van der Waals surface area contributed by atoms with Gasteiger partial charge in [0.25, 0.3) is 0 Å². The Morgan fingerprint density at radius 2 is 1.70 bits per heavy atom. The number of hydrogen-bond donors (Lipinski definition) is 1. The minimum atomic E-state index is -3.64. The molecule has 0 saturated carbocycles. The van der Waals surface area contributed by atoms with Crippen LogP contribution in [0.5, 0.6) is 0 Å². The lowest BCUT2D eigenvalue weighted by Crippen LogP contribution is -2.70. The van der Waals surface area contributed by atoms with Gasteiger partial charge >= 0.3 is 0 Å². The van der Waals surface area contributed by atoms with Crippen molar-refractivity contribution in [2.75, 3.05) is 24.2 Å². The molecular formula is C22H27N3O4S. The number of piperazine rings is 1. The molecule has 1 heterocycles. The van der Waals surface area contributed by atoms with Crippen LogP contribution in [0.1, 0.15) is 25.0 Å². The predicted molar refractivity (Wildman–Crippen MR) is 116 cm³/mol. The maximum Gasteiger partial charge on any atom is 0.247 e. The van der Waals surface area contributed by atoms with Crippen LogP contribution in [0.25, 0.3) is 0 Å². The first-order valence-corrected chi connectivity index (χ1v) is 11.7. The lowest BCUT2D eigenvalue weighted by molar-refractivity contribution is -0.133. The van der Waals surface area contributed by atoms with Gasteiger partial charge in [-0.05, 0) is 36.6 Å². The molecule has 2 amide bonds. The highest BCUT2D eigenvalue weighted by Gasteiger charge is 2.50. The Hall–Kier alpha value is -2.71. The zero-order valence-electron chi connectivity index (χ0n) is 17.5. The molecule has 1 aliphatic rings. The van der Waals surface area contributed by atoms with Gasteiger partial charge in [-0.25, -0.2) is 8.42 Å². The molecule has 1 N–H and O–H groups in total. The normalized spacial score (nSPS) is 20.2. The molecule has 30 heavy (non-hydrogen) atoms. The minimum Gasteiger partial charge on any atom is -0.350 e. The van der Waals surface area contributed by atoms with Crippen molar-refractivity contribution in [1.29, 1.82) is 0 Å². The van der Waals surface area contributed by atoms with Crippen molar-refractivity contribution in [1.82, 2.24) is 9.62 Å². The van der Waals surface area contributed by atoms with E-state index in [0.717, 1.165) is 28.1 Å². The van der Waals surface area contributed by atoms with E-state index in [1.165, 1.54) is 4.90 Å². The highest BCUT2D eigenvalue weighted by molar-refractivity contribution is 7.88. The van der Waals surface area contributed by atoms with Gasteiger partial charge < -0.3 is 5.32 Å². The van der Waals surface area contributed by atoms with Crippen LogP contribution in [-0.4, -0.2) is 49.4 Å². The van der Waals surface area contributed by atoms with E-state index in [2.05, 4.69) is 5.32 Å². The van der Waals surface area contributed by atoms with Crippen molar-refractivity contribution in [3.63, 3.8) is 0 Å². The van der Waals surface area contributed by atoms with E-state index in [4.69, 9.17) is 0 Å². The SMILES string of the molecule is CCc1ccc(N2C(=O)CN(S(C)(=O)=O)C[C@@]2(C)C(=O)NCc2ccccc2)cc1. The molecule has 3 rings (SSSR count). The Morgan fingerprint density at radius 3 is 2.27 bits per heavy atom. The number of sulfonamides is 1. The molecule has 0 spiro atoms. The molecule has 0 bridgehead atoms. The molecule has 1 atom stereocenters. The fraction of sp³-hybridized carbons (Fsp3) is 0.364. The van der Waals surface area contributed by atoms with Crippen molar-refractivity contribution < 1.29 is 18.0 Å². The molecule has 1 saturated heterocycles. The predicted octanol–water partition coefficient (Wildman–Crippen LogP) is 1.93. The monoisotopic (exact) mass is 429 g/mol. The molecule has 160 valence electrons. The first-order valence-electron chi connectivity index (χ1n) is 9.84. The van der Waals surface area contributed by atoms with Gasteiger partial charge in [-0.2, -0.15) is 4.31 Å². The molecule has 0 radical (unpaired) electrons.